The highest BCUT2D eigenvalue weighted by Gasteiger charge is 2.29. The maximum atomic E-state index is 13.3. The van der Waals surface area contributed by atoms with Crippen molar-refractivity contribution < 1.29 is 22.7 Å². The number of aromatic nitrogens is 4. The highest BCUT2D eigenvalue weighted by atomic mass is 32.2. The lowest BCUT2D eigenvalue weighted by Crippen LogP contribution is -2.32. The van der Waals surface area contributed by atoms with E-state index < -0.39 is 16.0 Å². The Morgan fingerprint density at radius 1 is 1.12 bits per heavy atom. The first-order valence-electron chi connectivity index (χ1n) is 11.2. The van der Waals surface area contributed by atoms with Crippen LogP contribution in [-0.4, -0.2) is 65.0 Å². The molecule has 1 aromatic carbocycles. The molecule has 0 bridgehead atoms. The van der Waals surface area contributed by atoms with Gasteiger partial charge in [-0.1, -0.05) is 12.8 Å². The Labute approximate surface area is 198 Å². The zero-order valence-corrected chi connectivity index (χ0v) is 19.8. The maximum absolute atomic E-state index is 13.3. The molecule has 0 aliphatic carbocycles. The van der Waals surface area contributed by atoms with Gasteiger partial charge in [0.25, 0.3) is 0 Å². The van der Waals surface area contributed by atoms with E-state index in [9.17, 15) is 13.2 Å². The van der Waals surface area contributed by atoms with E-state index in [1.165, 1.54) is 35.9 Å². The number of hydrogen-bond donors (Lipinski definition) is 1. The fourth-order valence-electron chi connectivity index (χ4n) is 3.97. The number of ether oxygens (including phenoxy) is 2. The second-order valence-electron chi connectivity index (χ2n) is 8.04. The lowest BCUT2D eigenvalue weighted by Gasteiger charge is -2.21. The van der Waals surface area contributed by atoms with Gasteiger partial charge < -0.3 is 19.8 Å². The summed E-state index contributed by atoms with van der Waals surface area (Å²) in [7, 11) is -2.39. The largest absolute Gasteiger partial charge is 0.495 e. The molecule has 2 aromatic heterocycles. The summed E-state index contributed by atoms with van der Waals surface area (Å²) >= 11 is 0. The van der Waals surface area contributed by atoms with Crippen molar-refractivity contribution in [2.75, 3.05) is 32.5 Å². The van der Waals surface area contributed by atoms with Crippen LogP contribution in [0.5, 0.6) is 5.75 Å². The van der Waals surface area contributed by atoms with Crippen molar-refractivity contribution in [3.63, 3.8) is 0 Å². The van der Waals surface area contributed by atoms with Gasteiger partial charge in [0.15, 0.2) is 11.5 Å². The summed E-state index contributed by atoms with van der Waals surface area (Å²) in [6.45, 7) is 1.57. The second-order valence-corrected chi connectivity index (χ2v) is 9.95. The molecule has 0 amide bonds. The number of aryl methyl sites for hydroxylation is 1. The van der Waals surface area contributed by atoms with Crippen LogP contribution in [0.25, 0.3) is 11.2 Å². The Kier molecular flexibility index (Phi) is 7.27. The first-order valence-corrected chi connectivity index (χ1v) is 12.6. The van der Waals surface area contributed by atoms with Gasteiger partial charge in [-0.25, -0.2) is 28.2 Å². The summed E-state index contributed by atoms with van der Waals surface area (Å²) in [4.78, 5) is 24.9. The predicted molar refractivity (Wildman–Crippen MR) is 125 cm³/mol. The number of carbonyl (C=O) groups excluding carboxylic acids is 1. The molecule has 4 rings (SSSR count). The Morgan fingerprint density at radius 2 is 1.88 bits per heavy atom. The van der Waals surface area contributed by atoms with Gasteiger partial charge in [-0.3, -0.25) is 0 Å². The van der Waals surface area contributed by atoms with Crippen molar-refractivity contribution in [2.24, 2.45) is 0 Å². The van der Waals surface area contributed by atoms with Gasteiger partial charge in [-0.2, -0.15) is 4.31 Å². The third-order valence-electron chi connectivity index (χ3n) is 5.79. The minimum atomic E-state index is -3.80. The monoisotopic (exact) mass is 488 g/mol. The molecule has 12 heteroatoms. The van der Waals surface area contributed by atoms with E-state index in [1.807, 2.05) is 0 Å². The van der Waals surface area contributed by atoms with Crippen LogP contribution in [0.1, 0.15) is 42.5 Å². The van der Waals surface area contributed by atoms with Gasteiger partial charge in [0.2, 0.25) is 10.0 Å². The maximum Gasteiger partial charge on any atom is 0.338 e. The molecule has 3 heterocycles. The number of esters is 1. The quantitative estimate of drug-likeness (QED) is 0.373. The summed E-state index contributed by atoms with van der Waals surface area (Å²) in [5, 5.41) is 0. The standard InChI is InChI=1S/C22H28N6O5S/c1-32-17-8-7-16(13-18(17)34(30,31)28-10-4-2-3-5-11-28)22(29)33-12-6-9-27-15-26-19-20(23)24-14-25-21(19)27/h7-8,13-15H,2-6,9-12H2,1H3,(H2,23,24,25). The highest BCUT2D eigenvalue weighted by molar-refractivity contribution is 7.89. The molecule has 0 unspecified atom stereocenters. The molecule has 3 aromatic rings. The number of sulfonamides is 1. The molecule has 2 N–H and O–H groups in total. The predicted octanol–water partition coefficient (Wildman–Crippen LogP) is 2.23. The smallest absolute Gasteiger partial charge is 0.338 e. The van der Waals surface area contributed by atoms with Gasteiger partial charge >= 0.3 is 5.97 Å². The molecule has 0 atom stereocenters. The van der Waals surface area contributed by atoms with Crippen LogP contribution in [0, 0.1) is 0 Å². The third kappa shape index (κ3) is 4.97. The van der Waals surface area contributed by atoms with Crippen LogP contribution in [0.15, 0.2) is 35.7 Å². The molecule has 0 saturated carbocycles. The zero-order valence-electron chi connectivity index (χ0n) is 19.0. The molecule has 1 fully saturated rings. The highest BCUT2D eigenvalue weighted by Crippen LogP contribution is 2.29. The average Bonchev–Trinajstić information content (AvgIpc) is 3.06. The van der Waals surface area contributed by atoms with E-state index in [4.69, 9.17) is 15.2 Å². The summed E-state index contributed by atoms with van der Waals surface area (Å²) in [6, 6.07) is 4.33. The molecule has 11 nitrogen and oxygen atoms in total. The Bertz CT molecular complexity index is 1270. The Balaban J connectivity index is 1.42. The van der Waals surface area contributed by atoms with Gasteiger partial charge in [0.05, 0.1) is 25.6 Å². The van der Waals surface area contributed by atoms with Crippen LogP contribution in [0.2, 0.25) is 0 Å². The first kappa shape index (κ1) is 23.9. The number of rotatable bonds is 8. The number of nitrogens with two attached hydrogens (primary N) is 1. The molecule has 1 aliphatic heterocycles. The fourth-order valence-corrected chi connectivity index (χ4v) is 5.67. The molecule has 0 spiro atoms. The van der Waals surface area contributed by atoms with E-state index in [0.29, 0.717) is 43.0 Å². The Morgan fingerprint density at radius 3 is 2.62 bits per heavy atom. The first-order chi connectivity index (χ1) is 16.4. The Hall–Kier alpha value is -3.25. The third-order valence-corrected chi connectivity index (χ3v) is 7.71. The number of nitrogen functional groups attached to an aromatic ring is 1. The van der Waals surface area contributed by atoms with Crippen LogP contribution in [0.4, 0.5) is 5.82 Å². The summed E-state index contributed by atoms with van der Waals surface area (Å²) < 4.78 is 40.5. The normalized spacial score (nSPS) is 15.2. The molecular weight excluding hydrogens is 460 g/mol. The van der Waals surface area contributed by atoms with E-state index in [0.717, 1.165) is 25.7 Å². The minimum absolute atomic E-state index is 0.0199. The van der Waals surface area contributed by atoms with Crippen molar-refractivity contribution in [2.45, 2.75) is 43.5 Å². The molecule has 34 heavy (non-hydrogen) atoms. The SMILES string of the molecule is COc1ccc(C(=O)OCCCn2cnc3c(N)ncnc32)cc1S(=O)(=O)N1CCCCCC1. The lowest BCUT2D eigenvalue weighted by atomic mass is 10.2. The van der Waals surface area contributed by atoms with E-state index in [2.05, 4.69) is 15.0 Å². The number of anilines is 1. The van der Waals surface area contributed by atoms with Crippen molar-refractivity contribution in [3.05, 3.63) is 36.4 Å². The van der Waals surface area contributed by atoms with Gasteiger partial charge in [0.1, 0.15) is 22.5 Å². The van der Waals surface area contributed by atoms with Crippen LogP contribution < -0.4 is 10.5 Å². The molecule has 1 aliphatic rings. The van der Waals surface area contributed by atoms with Crippen molar-refractivity contribution >= 4 is 33.0 Å². The summed E-state index contributed by atoms with van der Waals surface area (Å²) in [5.41, 5.74) is 7.08. The number of nitrogens with zero attached hydrogens (tertiary/aromatic N) is 5. The number of hydrogen-bond acceptors (Lipinski definition) is 9. The summed E-state index contributed by atoms with van der Waals surface area (Å²) in [6.07, 6.45) is 7.13. The average molecular weight is 489 g/mol. The van der Waals surface area contributed by atoms with E-state index in [-0.39, 0.29) is 22.8 Å². The molecule has 0 radical (unpaired) electrons. The van der Waals surface area contributed by atoms with Crippen molar-refractivity contribution in [1.82, 2.24) is 23.8 Å². The van der Waals surface area contributed by atoms with Crippen molar-refractivity contribution in [3.8, 4) is 5.75 Å². The van der Waals surface area contributed by atoms with E-state index >= 15 is 0 Å². The van der Waals surface area contributed by atoms with Gasteiger partial charge in [-0.15, -0.1) is 0 Å². The molecule has 1 saturated heterocycles. The van der Waals surface area contributed by atoms with E-state index in [1.54, 1.807) is 10.9 Å². The number of imidazole rings is 1. The topological polar surface area (TPSA) is 143 Å². The lowest BCUT2D eigenvalue weighted by molar-refractivity contribution is 0.0496. The van der Waals surface area contributed by atoms with Crippen molar-refractivity contribution in [1.29, 1.82) is 0 Å². The number of fused-ring (bicyclic) bond motifs is 1. The summed E-state index contributed by atoms with van der Waals surface area (Å²) in [5.74, 6) is -0.0910. The fraction of sp³-hybridized carbons (Fsp3) is 0.455. The second kappa shape index (κ2) is 10.3. The minimum Gasteiger partial charge on any atom is -0.495 e. The number of carbonyl (C=O) groups is 1. The zero-order chi connectivity index (χ0) is 24.1. The molecular formula is C22H28N6O5S. The van der Waals surface area contributed by atoms with Crippen LogP contribution in [0.3, 0.4) is 0 Å². The van der Waals surface area contributed by atoms with Crippen LogP contribution in [-0.2, 0) is 21.3 Å². The van der Waals surface area contributed by atoms with Crippen LogP contribution >= 0.6 is 0 Å². The number of methoxy groups -OCH3 is 1. The number of benzene rings is 1. The van der Waals surface area contributed by atoms with Gasteiger partial charge in [0, 0.05) is 19.6 Å². The molecule has 182 valence electrons. The van der Waals surface area contributed by atoms with Gasteiger partial charge in [-0.05, 0) is 37.5 Å².